The van der Waals surface area contributed by atoms with Gasteiger partial charge < -0.3 is 14.5 Å². The van der Waals surface area contributed by atoms with E-state index in [-0.39, 0.29) is 29.3 Å². The van der Waals surface area contributed by atoms with Crippen LogP contribution in [0, 0.1) is 0 Å². The van der Waals surface area contributed by atoms with E-state index >= 15 is 0 Å². The van der Waals surface area contributed by atoms with Gasteiger partial charge in [-0.25, -0.2) is 9.78 Å². The molecule has 0 aliphatic carbocycles. The van der Waals surface area contributed by atoms with E-state index in [0.29, 0.717) is 10.9 Å². The number of hydrogen-bond donors (Lipinski definition) is 1. The van der Waals surface area contributed by atoms with E-state index < -0.39 is 12.6 Å². The first-order chi connectivity index (χ1) is 12.0. The molecular weight excluding hydrogens is 334 g/mol. The maximum Gasteiger partial charge on any atom is 0.387 e. The van der Waals surface area contributed by atoms with Crippen molar-refractivity contribution in [1.82, 2.24) is 9.97 Å². The van der Waals surface area contributed by atoms with Crippen molar-refractivity contribution in [3.8, 4) is 5.75 Å². The Kier molecular flexibility index (Phi) is 4.69. The quantitative estimate of drug-likeness (QED) is 0.719. The summed E-state index contributed by atoms with van der Waals surface area (Å²) in [6.07, 6.45) is 0. The number of benzene rings is 2. The number of para-hydroxylation sites is 1. The molecule has 0 unspecified atom stereocenters. The number of carbonyl (C=O) groups is 1. The average molecular weight is 346 g/mol. The molecular formula is C17H12F2N2O4. The van der Waals surface area contributed by atoms with Crippen molar-refractivity contribution >= 4 is 16.9 Å². The number of fused-ring (bicyclic) bond motifs is 1. The van der Waals surface area contributed by atoms with E-state index in [9.17, 15) is 18.4 Å². The van der Waals surface area contributed by atoms with Gasteiger partial charge in [-0.2, -0.15) is 8.78 Å². The zero-order chi connectivity index (χ0) is 17.8. The second-order valence-electron chi connectivity index (χ2n) is 5.01. The number of aromatic nitrogens is 2. The molecule has 0 saturated carbocycles. The molecule has 0 spiro atoms. The van der Waals surface area contributed by atoms with Gasteiger partial charge in [-0.05, 0) is 36.4 Å². The highest BCUT2D eigenvalue weighted by molar-refractivity contribution is 5.89. The fraction of sp³-hybridized carbons (Fsp3) is 0.118. The second kappa shape index (κ2) is 7.08. The molecule has 0 saturated heterocycles. The normalized spacial score (nSPS) is 10.8. The summed E-state index contributed by atoms with van der Waals surface area (Å²) in [6.45, 7) is -3.16. The van der Waals surface area contributed by atoms with Crippen LogP contribution >= 0.6 is 0 Å². The number of rotatable bonds is 5. The van der Waals surface area contributed by atoms with Crippen molar-refractivity contribution in [3.63, 3.8) is 0 Å². The molecule has 0 radical (unpaired) electrons. The van der Waals surface area contributed by atoms with Crippen molar-refractivity contribution < 1.29 is 23.0 Å². The Morgan fingerprint density at radius 3 is 2.56 bits per heavy atom. The Balaban J connectivity index is 1.69. The van der Waals surface area contributed by atoms with Crippen molar-refractivity contribution in [3.05, 3.63) is 70.3 Å². The summed E-state index contributed by atoms with van der Waals surface area (Å²) in [5.74, 6) is -0.541. The number of H-pyrrole nitrogens is 1. The summed E-state index contributed by atoms with van der Waals surface area (Å²) in [5, 5.41) is 0.437. The molecule has 1 heterocycles. The van der Waals surface area contributed by atoms with Crippen molar-refractivity contribution in [1.29, 1.82) is 0 Å². The van der Waals surface area contributed by atoms with Crippen LogP contribution in [0.4, 0.5) is 8.78 Å². The van der Waals surface area contributed by atoms with Crippen molar-refractivity contribution in [2.45, 2.75) is 13.2 Å². The Morgan fingerprint density at radius 1 is 1.12 bits per heavy atom. The molecule has 1 aromatic heterocycles. The van der Waals surface area contributed by atoms with Gasteiger partial charge in [0, 0.05) is 0 Å². The highest BCUT2D eigenvalue weighted by atomic mass is 19.3. The summed E-state index contributed by atoms with van der Waals surface area (Å²) in [6, 6.07) is 11.9. The fourth-order valence-corrected chi connectivity index (χ4v) is 2.19. The Labute approximate surface area is 140 Å². The van der Waals surface area contributed by atoms with E-state index in [2.05, 4.69) is 14.7 Å². The third-order valence-electron chi connectivity index (χ3n) is 3.32. The second-order valence-corrected chi connectivity index (χ2v) is 5.01. The number of esters is 1. The summed E-state index contributed by atoms with van der Waals surface area (Å²) in [5.41, 5.74) is 0.320. The lowest BCUT2D eigenvalue weighted by Crippen LogP contribution is -2.14. The molecule has 3 aromatic rings. The molecule has 2 aromatic carbocycles. The molecule has 25 heavy (non-hydrogen) atoms. The summed E-state index contributed by atoms with van der Waals surface area (Å²) in [4.78, 5) is 30.7. The van der Waals surface area contributed by atoms with Crippen LogP contribution in [0.1, 0.15) is 16.2 Å². The van der Waals surface area contributed by atoms with Gasteiger partial charge in [0.05, 0.1) is 16.5 Å². The predicted molar refractivity (Wildman–Crippen MR) is 84.6 cm³/mol. The topological polar surface area (TPSA) is 81.3 Å². The minimum Gasteiger partial charge on any atom is -0.454 e. The first-order valence-corrected chi connectivity index (χ1v) is 7.23. The molecule has 6 nitrogen and oxygen atoms in total. The zero-order valence-corrected chi connectivity index (χ0v) is 12.7. The largest absolute Gasteiger partial charge is 0.454 e. The number of carbonyl (C=O) groups excluding carboxylic acids is 1. The Bertz CT molecular complexity index is 955. The molecule has 0 aliphatic heterocycles. The molecule has 0 atom stereocenters. The number of halogens is 2. The summed E-state index contributed by atoms with van der Waals surface area (Å²) < 4.78 is 33.4. The molecule has 0 bridgehead atoms. The number of nitrogens with zero attached hydrogens (tertiary/aromatic N) is 1. The minimum atomic E-state index is -2.94. The third kappa shape index (κ3) is 3.97. The highest BCUT2D eigenvalue weighted by Crippen LogP contribution is 2.15. The fourth-order valence-electron chi connectivity index (χ4n) is 2.19. The lowest BCUT2D eigenvalue weighted by Gasteiger charge is -2.07. The van der Waals surface area contributed by atoms with Crippen LogP contribution < -0.4 is 10.3 Å². The molecule has 1 N–H and O–H groups in total. The van der Waals surface area contributed by atoms with Crippen LogP contribution in [0.15, 0.2) is 53.3 Å². The van der Waals surface area contributed by atoms with E-state index in [1.54, 1.807) is 24.3 Å². The number of aromatic amines is 1. The van der Waals surface area contributed by atoms with Crippen LogP contribution in [0.2, 0.25) is 0 Å². The molecule has 0 aliphatic rings. The smallest absolute Gasteiger partial charge is 0.387 e. The van der Waals surface area contributed by atoms with Gasteiger partial charge in [0.15, 0.2) is 0 Å². The first-order valence-electron chi connectivity index (χ1n) is 7.23. The van der Waals surface area contributed by atoms with Gasteiger partial charge in [0.2, 0.25) is 0 Å². The number of ether oxygens (including phenoxy) is 2. The van der Waals surface area contributed by atoms with Gasteiger partial charge in [-0.1, -0.05) is 12.1 Å². The van der Waals surface area contributed by atoms with Crippen LogP contribution in [0.3, 0.4) is 0 Å². The van der Waals surface area contributed by atoms with E-state index in [0.717, 1.165) is 0 Å². The first kappa shape index (κ1) is 16.6. The lowest BCUT2D eigenvalue weighted by molar-refractivity contribution is -0.0498. The third-order valence-corrected chi connectivity index (χ3v) is 3.32. The monoisotopic (exact) mass is 346 g/mol. The van der Waals surface area contributed by atoms with Gasteiger partial charge in [0.1, 0.15) is 18.2 Å². The predicted octanol–water partition coefficient (Wildman–Crippen LogP) is 2.88. The van der Waals surface area contributed by atoms with Crippen LogP contribution in [0.25, 0.3) is 10.9 Å². The van der Waals surface area contributed by atoms with Crippen molar-refractivity contribution in [2.24, 2.45) is 0 Å². The van der Waals surface area contributed by atoms with E-state index in [1.807, 2.05) is 0 Å². The van der Waals surface area contributed by atoms with Crippen LogP contribution in [0.5, 0.6) is 5.75 Å². The molecule has 3 rings (SSSR count). The van der Waals surface area contributed by atoms with Crippen LogP contribution in [-0.2, 0) is 11.3 Å². The highest BCUT2D eigenvalue weighted by Gasteiger charge is 2.11. The van der Waals surface area contributed by atoms with Gasteiger partial charge in [-0.3, -0.25) is 4.79 Å². The Morgan fingerprint density at radius 2 is 1.84 bits per heavy atom. The number of hydrogen-bond acceptors (Lipinski definition) is 5. The van der Waals surface area contributed by atoms with Crippen LogP contribution in [-0.4, -0.2) is 22.5 Å². The van der Waals surface area contributed by atoms with E-state index in [1.165, 1.54) is 24.3 Å². The van der Waals surface area contributed by atoms with Crippen molar-refractivity contribution in [2.75, 3.05) is 0 Å². The molecule has 0 amide bonds. The standard InChI is InChI=1S/C17H12F2N2O4/c18-17(19)25-11-7-5-10(6-8-11)16(23)24-9-14-20-13-4-2-1-3-12(13)15(22)21-14/h1-8,17H,9H2,(H,20,21,22). The molecule has 0 fully saturated rings. The van der Waals surface area contributed by atoms with E-state index in [4.69, 9.17) is 4.74 Å². The molecule has 128 valence electrons. The molecule has 8 heteroatoms. The Hall–Kier alpha value is -3.29. The maximum absolute atomic E-state index is 12.1. The minimum absolute atomic E-state index is 0.0629. The van der Waals surface area contributed by atoms with Gasteiger partial charge >= 0.3 is 12.6 Å². The number of alkyl halides is 2. The maximum atomic E-state index is 12.1. The number of nitrogens with one attached hydrogen (secondary N) is 1. The zero-order valence-electron chi connectivity index (χ0n) is 12.7. The summed E-state index contributed by atoms with van der Waals surface area (Å²) in [7, 11) is 0. The summed E-state index contributed by atoms with van der Waals surface area (Å²) >= 11 is 0. The SMILES string of the molecule is O=C(OCc1nc2ccccc2c(=O)[nH]1)c1ccc(OC(F)F)cc1. The van der Waals surface area contributed by atoms with Gasteiger partial charge in [-0.15, -0.1) is 0 Å². The lowest BCUT2D eigenvalue weighted by atomic mass is 10.2. The average Bonchev–Trinajstić information content (AvgIpc) is 2.60. The van der Waals surface area contributed by atoms with Gasteiger partial charge in [0.25, 0.3) is 5.56 Å².